The second-order valence-corrected chi connectivity index (χ2v) is 8.43. The number of nitro benzene ring substituents is 1. The summed E-state index contributed by atoms with van der Waals surface area (Å²) in [5.74, 6) is 0. The molecule has 4 nitrogen and oxygen atoms in total. The van der Waals surface area contributed by atoms with Crippen molar-refractivity contribution < 1.29 is 4.92 Å². The Labute approximate surface area is 197 Å². The van der Waals surface area contributed by atoms with E-state index in [2.05, 4.69) is 71.7 Å². The fraction of sp³-hybridized carbons (Fsp3) is 0.0333. The Morgan fingerprint density at radius 3 is 2.00 bits per heavy atom. The van der Waals surface area contributed by atoms with Crippen LogP contribution in [0.5, 0.6) is 0 Å². The molecule has 1 aliphatic rings. The fourth-order valence-electron chi connectivity index (χ4n) is 5.41. The van der Waals surface area contributed by atoms with E-state index in [9.17, 15) is 10.1 Å². The molecule has 1 atom stereocenters. The second-order valence-electron chi connectivity index (χ2n) is 8.43. The lowest BCUT2D eigenvalue weighted by molar-refractivity contribution is -0.384. The number of hydrogen-bond acceptors (Lipinski definition) is 3. The summed E-state index contributed by atoms with van der Waals surface area (Å²) in [5.41, 5.74) is 7.95. The van der Waals surface area contributed by atoms with Crippen LogP contribution in [-0.4, -0.2) is 9.91 Å². The third kappa shape index (κ3) is 2.82. The van der Waals surface area contributed by atoms with Gasteiger partial charge in [0, 0.05) is 18.5 Å². The Morgan fingerprint density at radius 2 is 1.24 bits per heavy atom. The summed E-state index contributed by atoms with van der Waals surface area (Å²) in [7, 11) is 0. The summed E-state index contributed by atoms with van der Waals surface area (Å²) >= 11 is 0. The summed E-state index contributed by atoms with van der Waals surface area (Å²) in [6.07, 6.45) is 3.67. The van der Waals surface area contributed by atoms with Crippen LogP contribution < -0.4 is 0 Å². The van der Waals surface area contributed by atoms with E-state index in [1.807, 2.05) is 42.7 Å². The van der Waals surface area contributed by atoms with E-state index in [0.717, 1.165) is 27.8 Å². The molecule has 0 saturated heterocycles. The summed E-state index contributed by atoms with van der Waals surface area (Å²) in [6.45, 7) is 0. The molecule has 0 aliphatic heterocycles. The molecule has 1 aliphatic carbocycles. The highest BCUT2D eigenvalue weighted by atomic mass is 16.6. The molecule has 5 aromatic rings. The number of aromatic nitrogens is 1. The average Bonchev–Trinajstić information content (AvgIpc) is 3.20. The van der Waals surface area contributed by atoms with E-state index in [4.69, 9.17) is 0 Å². The standard InChI is InChI=1S/C30H20N2O2/c33-32(34)29-13-7-5-10-24(29)21-14-15-28-26(20-21)25-11-4-6-12-27(25)30(28,22-8-2-1-3-9-22)23-16-18-31-19-17-23/h1-20H. The summed E-state index contributed by atoms with van der Waals surface area (Å²) in [6, 6.07) is 36.3. The zero-order valence-corrected chi connectivity index (χ0v) is 18.3. The minimum atomic E-state index is -0.503. The monoisotopic (exact) mass is 440 g/mol. The van der Waals surface area contributed by atoms with Gasteiger partial charge in [-0.25, -0.2) is 0 Å². The van der Waals surface area contributed by atoms with Crippen LogP contribution in [0, 0.1) is 10.1 Å². The topological polar surface area (TPSA) is 56.0 Å². The average molecular weight is 441 g/mol. The second kappa shape index (κ2) is 7.78. The molecule has 1 heterocycles. The first kappa shape index (κ1) is 20.1. The van der Waals surface area contributed by atoms with Gasteiger partial charge in [0.1, 0.15) is 0 Å². The van der Waals surface area contributed by atoms with Gasteiger partial charge < -0.3 is 0 Å². The highest BCUT2D eigenvalue weighted by Gasteiger charge is 2.46. The van der Waals surface area contributed by atoms with E-state index < -0.39 is 5.41 Å². The Balaban J connectivity index is 1.69. The van der Waals surface area contributed by atoms with Crippen LogP contribution in [0.2, 0.25) is 0 Å². The molecule has 0 radical (unpaired) electrons. The first-order valence-electron chi connectivity index (χ1n) is 11.2. The number of pyridine rings is 1. The molecule has 1 aromatic heterocycles. The van der Waals surface area contributed by atoms with Crippen LogP contribution in [0.15, 0.2) is 122 Å². The van der Waals surface area contributed by atoms with Crippen LogP contribution in [0.4, 0.5) is 5.69 Å². The van der Waals surface area contributed by atoms with Gasteiger partial charge in [0.25, 0.3) is 5.69 Å². The van der Waals surface area contributed by atoms with Crippen LogP contribution in [0.1, 0.15) is 22.3 Å². The molecule has 4 heteroatoms. The maximum atomic E-state index is 11.7. The number of nitrogens with zero attached hydrogens (tertiary/aromatic N) is 2. The van der Waals surface area contributed by atoms with Gasteiger partial charge in [-0.05, 0) is 63.2 Å². The molecular weight excluding hydrogens is 420 g/mol. The van der Waals surface area contributed by atoms with Gasteiger partial charge in [-0.2, -0.15) is 0 Å². The number of hydrogen-bond donors (Lipinski definition) is 0. The summed E-state index contributed by atoms with van der Waals surface area (Å²) in [4.78, 5) is 15.7. The van der Waals surface area contributed by atoms with Gasteiger partial charge in [0.2, 0.25) is 0 Å². The summed E-state index contributed by atoms with van der Waals surface area (Å²) in [5, 5.41) is 11.7. The number of benzene rings is 4. The van der Waals surface area contributed by atoms with E-state index in [1.54, 1.807) is 12.1 Å². The molecule has 0 fully saturated rings. The predicted molar refractivity (Wildman–Crippen MR) is 134 cm³/mol. The maximum Gasteiger partial charge on any atom is 0.277 e. The zero-order chi connectivity index (χ0) is 23.1. The van der Waals surface area contributed by atoms with E-state index in [-0.39, 0.29) is 10.6 Å². The van der Waals surface area contributed by atoms with Gasteiger partial charge in [-0.15, -0.1) is 0 Å². The Morgan fingerprint density at radius 1 is 0.618 bits per heavy atom. The van der Waals surface area contributed by atoms with Crippen molar-refractivity contribution in [2.75, 3.05) is 0 Å². The molecule has 34 heavy (non-hydrogen) atoms. The van der Waals surface area contributed by atoms with Crippen molar-refractivity contribution in [3.63, 3.8) is 0 Å². The quantitative estimate of drug-likeness (QED) is 0.219. The molecular formula is C30H20N2O2. The Kier molecular flexibility index (Phi) is 4.59. The van der Waals surface area contributed by atoms with Gasteiger partial charge in [0.05, 0.1) is 15.9 Å². The van der Waals surface area contributed by atoms with Crippen molar-refractivity contribution in [3.8, 4) is 22.3 Å². The van der Waals surface area contributed by atoms with Crippen molar-refractivity contribution in [3.05, 3.63) is 154 Å². The molecule has 0 spiro atoms. The highest BCUT2D eigenvalue weighted by Crippen LogP contribution is 2.56. The predicted octanol–water partition coefficient (Wildman–Crippen LogP) is 7.02. The molecule has 6 rings (SSSR count). The van der Waals surface area contributed by atoms with Gasteiger partial charge >= 0.3 is 0 Å². The molecule has 0 N–H and O–H groups in total. The van der Waals surface area contributed by atoms with Gasteiger partial charge in [-0.3, -0.25) is 15.1 Å². The molecule has 0 amide bonds. The van der Waals surface area contributed by atoms with Crippen LogP contribution in [0.3, 0.4) is 0 Å². The van der Waals surface area contributed by atoms with Crippen molar-refractivity contribution in [2.45, 2.75) is 5.41 Å². The van der Waals surface area contributed by atoms with Gasteiger partial charge in [0.15, 0.2) is 0 Å². The van der Waals surface area contributed by atoms with Crippen LogP contribution in [-0.2, 0) is 5.41 Å². The highest BCUT2D eigenvalue weighted by molar-refractivity contribution is 5.89. The maximum absolute atomic E-state index is 11.7. The number of fused-ring (bicyclic) bond motifs is 3. The lowest BCUT2D eigenvalue weighted by Crippen LogP contribution is -2.28. The van der Waals surface area contributed by atoms with Crippen molar-refractivity contribution in [2.24, 2.45) is 0 Å². The van der Waals surface area contributed by atoms with Crippen molar-refractivity contribution in [1.82, 2.24) is 4.98 Å². The molecule has 0 saturated carbocycles. The normalized spacial score (nSPS) is 16.0. The SMILES string of the molecule is O=[N+]([O-])c1ccccc1-c1ccc2c(c1)-c1ccccc1C2(c1ccccc1)c1ccncc1. The third-order valence-corrected chi connectivity index (χ3v) is 6.78. The largest absolute Gasteiger partial charge is 0.277 e. The van der Waals surface area contributed by atoms with Crippen LogP contribution in [0.25, 0.3) is 22.3 Å². The first-order chi connectivity index (χ1) is 16.7. The van der Waals surface area contributed by atoms with Crippen molar-refractivity contribution >= 4 is 5.69 Å². The van der Waals surface area contributed by atoms with Gasteiger partial charge in [-0.1, -0.05) is 78.9 Å². The number of para-hydroxylation sites is 1. The molecule has 162 valence electrons. The zero-order valence-electron chi connectivity index (χ0n) is 18.3. The number of rotatable bonds is 4. The van der Waals surface area contributed by atoms with E-state index in [1.165, 1.54) is 11.1 Å². The van der Waals surface area contributed by atoms with E-state index >= 15 is 0 Å². The lowest BCUT2D eigenvalue weighted by Gasteiger charge is -2.33. The fourth-order valence-corrected chi connectivity index (χ4v) is 5.41. The third-order valence-electron chi connectivity index (χ3n) is 6.78. The van der Waals surface area contributed by atoms with Crippen molar-refractivity contribution in [1.29, 1.82) is 0 Å². The minimum Gasteiger partial charge on any atom is -0.265 e. The first-order valence-corrected chi connectivity index (χ1v) is 11.2. The Hall–Kier alpha value is -4.57. The Bertz CT molecular complexity index is 1490. The minimum absolute atomic E-state index is 0.109. The van der Waals surface area contributed by atoms with Crippen LogP contribution >= 0.6 is 0 Å². The molecule has 4 aromatic carbocycles. The number of nitro groups is 1. The molecule has 0 bridgehead atoms. The van der Waals surface area contributed by atoms with E-state index in [0.29, 0.717) is 5.56 Å². The smallest absolute Gasteiger partial charge is 0.265 e. The molecule has 1 unspecified atom stereocenters. The summed E-state index contributed by atoms with van der Waals surface area (Å²) < 4.78 is 0. The lowest BCUT2D eigenvalue weighted by atomic mass is 9.68.